The van der Waals surface area contributed by atoms with Gasteiger partial charge in [0, 0.05) is 12.1 Å². The smallest absolute Gasteiger partial charge is 0.170 e. The summed E-state index contributed by atoms with van der Waals surface area (Å²) in [5.41, 5.74) is 8.64. The molecule has 0 radical (unpaired) electrons. The quantitative estimate of drug-likeness (QED) is 0.338. The summed E-state index contributed by atoms with van der Waals surface area (Å²) in [6.45, 7) is 2.91. The first-order chi connectivity index (χ1) is 7.04. The van der Waals surface area contributed by atoms with Crippen molar-refractivity contribution in [2.24, 2.45) is 10.9 Å². The van der Waals surface area contributed by atoms with E-state index >= 15 is 0 Å². The second-order valence-corrected chi connectivity index (χ2v) is 3.86. The molecule has 15 heavy (non-hydrogen) atoms. The standard InChI is InChI=1S/C11H17N3O/c1-8-6-9(11(12)13-15)4-5-10(8)7-14(2)3/h4-6,15H,7H2,1-3H3,(H2,12,13). The molecule has 0 bridgehead atoms. The molecule has 0 spiro atoms. The van der Waals surface area contributed by atoms with Crippen molar-refractivity contribution >= 4 is 5.84 Å². The van der Waals surface area contributed by atoms with E-state index in [0.29, 0.717) is 0 Å². The van der Waals surface area contributed by atoms with E-state index in [2.05, 4.69) is 10.1 Å². The van der Waals surface area contributed by atoms with Crippen LogP contribution in [0, 0.1) is 6.92 Å². The van der Waals surface area contributed by atoms with Crippen LogP contribution in [0.3, 0.4) is 0 Å². The maximum Gasteiger partial charge on any atom is 0.170 e. The number of aryl methyl sites for hydroxylation is 1. The Labute approximate surface area is 90.0 Å². The minimum atomic E-state index is 0.148. The second kappa shape index (κ2) is 4.79. The first-order valence-corrected chi connectivity index (χ1v) is 4.76. The largest absolute Gasteiger partial charge is 0.409 e. The van der Waals surface area contributed by atoms with Gasteiger partial charge < -0.3 is 15.8 Å². The number of hydrogen-bond donors (Lipinski definition) is 2. The average Bonchev–Trinajstić information content (AvgIpc) is 2.19. The lowest BCUT2D eigenvalue weighted by Crippen LogP contribution is -2.15. The molecule has 0 unspecified atom stereocenters. The van der Waals surface area contributed by atoms with Crippen LogP contribution in [0.15, 0.2) is 23.4 Å². The highest BCUT2D eigenvalue weighted by atomic mass is 16.4. The van der Waals surface area contributed by atoms with E-state index < -0.39 is 0 Å². The zero-order valence-electron chi connectivity index (χ0n) is 9.36. The van der Waals surface area contributed by atoms with Gasteiger partial charge in [-0.15, -0.1) is 0 Å². The second-order valence-electron chi connectivity index (χ2n) is 3.86. The Morgan fingerprint density at radius 2 is 2.13 bits per heavy atom. The van der Waals surface area contributed by atoms with Crippen LogP contribution in [-0.2, 0) is 6.54 Å². The molecular formula is C11H17N3O. The Morgan fingerprint density at radius 1 is 1.47 bits per heavy atom. The van der Waals surface area contributed by atoms with Crippen molar-refractivity contribution in [2.45, 2.75) is 13.5 Å². The van der Waals surface area contributed by atoms with Gasteiger partial charge in [0.25, 0.3) is 0 Å². The van der Waals surface area contributed by atoms with Gasteiger partial charge in [-0.05, 0) is 38.2 Å². The van der Waals surface area contributed by atoms with Crippen molar-refractivity contribution in [1.82, 2.24) is 4.90 Å². The van der Waals surface area contributed by atoms with Gasteiger partial charge in [-0.25, -0.2) is 0 Å². The highest BCUT2D eigenvalue weighted by Gasteiger charge is 2.04. The van der Waals surface area contributed by atoms with E-state index in [1.54, 1.807) is 0 Å². The number of benzene rings is 1. The molecule has 82 valence electrons. The van der Waals surface area contributed by atoms with Gasteiger partial charge in [-0.2, -0.15) is 0 Å². The third-order valence-electron chi connectivity index (χ3n) is 2.23. The fourth-order valence-electron chi connectivity index (χ4n) is 1.43. The molecule has 0 fully saturated rings. The minimum absolute atomic E-state index is 0.148. The molecule has 3 N–H and O–H groups in total. The van der Waals surface area contributed by atoms with Gasteiger partial charge in [0.15, 0.2) is 5.84 Å². The molecule has 0 atom stereocenters. The van der Waals surface area contributed by atoms with E-state index in [4.69, 9.17) is 10.9 Å². The van der Waals surface area contributed by atoms with Crippen LogP contribution < -0.4 is 5.73 Å². The van der Waals surface area contributed by atoms with E-state index in [0.717, 1.165) is 17.7 Å². The summed E-state index contributed by atoms with van der Waals surface area (Å²) in [5, 5.41) is 11.5. The summed E-state index contributed by atoms with van der Waals surface area (Å²) >= 11 is 0. The Morgan fingerprint density at radius 3 is 2.60 bits per heavy atom. The molecule has 0 aliphatic rings. The van der Waals surface area contributed by atoms with Gasteiger partial charge in [0.1, 0.15) is 0 Å². The number of amidine groups is 1. The van der Waals surface area contributed by atoms with E-state index in [9.17, 15) is 0 Å². The predicted molar refractivity (Wildman–Crippen MR) is 61.1 cm³/mol. The molecular weight excluding hydrogens is 190 g/mol. The number of hydrogen-bond acceptors (Lipinski definition) is 3. The summed E-state index contributed by atoms with van der Waals surface area (Å²) < 4.78 is 0. The molecule has 0 amide bonds. The molecule has 4 nitrogen and oxygen atoms in total. The third-order valence-corrected chi connectivity index (χ3v) is 2.23. The predicted octanol–water partition coefficient (Wildman–Crippen LogP) is 1.15. The number of nitrogens with two attached hydrogens (primary N) is 1. The molecule has 0 aromatic heterocycles. The Kier molecular flexibility index (Phi) is 3.68. The maximum absolute atomic E-state index is 8.55. The minimum Gasteiger partial charge on any atom is -0.409 e. The van der Waals surface area contributed by atoms with Crippen molar-refractivity contribution in [3.8, 4) is 0 Å². The monoisotopic (exact) mass is 207 g/mol. The zero-order valence-corrected chi connectivity index (χ0v) is 9.36. The molecule has 0 aliphatic carbocycles. The van der Waals surface area contributed by atoms with Gasteiger partial charge in [-0.1, -0.05) is 17.3 Å². The third kappa shape index (κ3) is 2.95. The first kappa shape index (κ1) is 11.5. The lowest BCUT2D eigenvalue weighted by molar-refractivity contribution is 0.318. The Bertz CT molecular complexity index is 372. The molecule has 1 rings (SSSR count). The molecule has 0 aliphatic heterocycles. The van der Waals surface area contributed by atoms with E-state index in [-0.39, 0.29) is 5.84 Å². The number of oxime groups is 1. The topological polar surface area (TPSA) is 61.9 Å². The summed E-state index contributed by atoms with van der Waals surface area (Å²) in [6, 6.07) is 5.79. The highest BCUT2D eigenvalue weighted by Crippen LogP contribution is 2.12. The number of rotatable bonds is 3. The van der Waals surface area contributed by atoms with Crippen molar-refractivity contribution < 1.29 is 5.21 Å². The zero-order chi connectivity index (χ0) is 11.4. The van der Waals surface area contributed by atoms with E-state index in [1.807, 2.05) is 39.2 Å². The maximum atomic E-state index is 8.55. The highest BCUT2D eigenvalue weighted by molar-refractivity contribution is 5.97. The average molecular weight is 207 g/mol. The van der Waals surface area contributed by atoms with Crippen molar-refractivity contribution in [3.63, 3.8) is 0 Å². The van der Waals surface area contributed by atoms with Gasteiger partial charge in [0.2, 0.25) is 0 Å². The lowest BCUT2D eigenvalue weighted by Gasteiger charge is -2.12. The van der Waals surface area contributed by atoms with Crippen LogP contribution in [0.1, 0.15) is 16.7 Å². The molecule has 0 saturated heterocycles. The van der Waals surface area contributed by atoms with Crippen molar-refractivity contribution in [2.75, 3.05) is 14.1 Å². The summed E-state index contributed by atoms with van der Waals surface area (Å²) in [4.78, 5) is 2.10. The first-order valence-electron chi connectivity index (χ1n) is 4.76. The summed E-state index contributed by atoms with van der Waals surface area (Å²) in [6.07, 6.45) is 0. The van der Waals surface area contributed by atoms with Gasteiger partial charge in [0.05, 0.1) is 0 Å². The van der Waals surface area contributed by atoms with Gasteiger partial charge in [-0.3, -0.25) is 0 Å². The van der Waals surface area contributed by atoms with Crippen LogP contribution in [0.5, 0.6) is 0 Å². The molecule has 4 heteroatoms. The summed E-state index contributed by atoms with van der Waals surface area (Å²) in [7, 11) is 4.05. The molecule has 1 aromatic carbocycles. The normalized spacial score (nSPS) is 12.1. The fraction of sp³-hybridized carbons (Fsp3) is 0.364. The SMILES string of the molecule is Cc1cc(/C(N)=N/O)ccc1CN(C)C. The van der Waals surface area contributed by atoms with Crippen LogP contribution in [-0.4, -0.2) is 30.0 Å². The molecule has 0 heterocycles. The summed E-state index contributed by atoms with van der Waals surface area (Å²) in [5.74, 6) is 0.148. The van der Waals surface area contributed by atoms with E-state index in [1.165, 1.54) is 5.56 Å². The fourth-order valence-corrected chi connectivity index (χ4v) is 1.43. The number of nitrogens with zero attached hydrogens (tertiary/aromatic N) is 2. The molecule has 0 saturated carbocycles. The lowest BCUT2D eigenvalue weighted by atomic mass is 10.0. The Hall–Kier alpha value is -1.55. The van der Waals surface area contributed by atoms with Crippen LogP contribution in [0.4, 0.5) is 0 Å². The van der Waals surface area contributed by atoms with Crippen molar-refractivity contribution in [1.29, 1.82) is 0 Å². The van der Waals surface area contributed by atoms with Crippen LogP contribution in [0.2, 0.25) is 0 Å². The van der Waals surface area contributed by atoms with Crippen LogP contribution in [0.25, 0.3) is 0 Å². The molecule has 1 aromatic rings. The Balaban J connectivity index is 2.98. The van der Waals surface area contributed by atoms with Gasteiger partial charge >= 0.3 is 0 Å². The van der Waals surface area contributed by atoms with Crippen molar-refractivity contribution in [3.05, 3.63) is 34.9 Å². The van der Waals surface area contributed by atoms with Crippen LogP contribution >= 0.6 is 0 Å².